The summed E-state index contributed by atoms with van der Waals surface area (Å²) in [5, 5.41) is 9.29. The molecule has 0 heterocycles. The second-order valence-electron chi connectivity index (χ2n) is 5.77. The molecule has 1 rings (SSSR count). The van der Waals surface area contributed by atoms with Crippen molar-refractivity contribution in [1.29, 1.82) is 5.26 Å². The van der Waals surface area contributed by atoms with Crippen LogP contribution in [0.3, 0.4) is 0 Å². The molecule has 1 fully saturated rings. The fourth-order valence-corrected chi connectivity index (χ4v) is 3.42. The van der Waals surface area contributed by atoms with Crippen molar-refractivity contribution in [2.75, 3.05) is 5.75 Å². The average Bonchev–Trinajstić information content (AvgIpc) is 2.76. The van der Waals surface area contributed by atoms with Crippen LogP contribution in [0, 0.1) is 22.7 Å². The number of rotatable bonds is 7. The molecule has 0 radical (unpaired) electrons. The smallest absolute Gasteiger partial charge is 0.264 e. The largest absolute Gasteiger partial charge is 0.286 e. The van der Waals surface area contributed by atoms with E-state index in [0.29, 0.717) is 18.8 Å². The molecule has 0 aromatic heterocycles. The zero-order valence-electron chi connectivity index (χ0n) is 11.1. The summed E-state index contributed by atoms with van der Waals surface area (Å²) in [7, 11) is -3.85. The first-order chi connectivity index (χ1) is 8.35. The molecule has 4 nitrogen and oxygen atoms in total. The molecule has 1 saturated carbocycles. The van der Waals surface area contributed by atoms with Crippen LogP contribution in [0.1, 0.15) is 58.3 Å². The molecule has 0 amide bonds. The molecule has 1 atom stereocenters. The van der Waals surface area contributed by atoms with E-state index in [1.54, 1.807) is 0 Å². The van der Waals surface area contributed by atoms with Gasteiger partial charge in [0, 0.05) is 0 Å². The van der Waals surface area contributed by atoms with E-state index in [-0.39, 0.29) is 11.2 Å². The van der Waals surface area contributed by atoms with Crippen molar-refractivity contribution in [1.82, 2.24) is 0 Å². The van der Waals surface area contributed by atoms with Crippen LogP contribution in [-0.4, -0.2) is 18.7 Å². The van der Waals surface area contributed by atoms with E-state index < -0.39 is 10.1 Å². The Kier molecular flexibility index (Phi) is 5.61. The minimum Gasteiger partial charge on any atom is -0.286 e. The van der Waals surface area contributed by atoms with E-state index in [2.05, 4.69) is 6.07 Å². The van der Waals surface area contributed by atoms with Crippen LogP contribution in [0.4, 0.5) is 0 Å². The third-order valence-electron chi connectivity index (χ3n) is 3.86. The van der Waals surface area contributed by atoms with Gasteiger partial charge in [0.05, 0.1) is 17.2 Å². The molecule has 1 unspecified atom stereocenters. The van der Waals surface area contributed by atoms with E-state index in [0.717, 1.165) is 12.8 Å². The minimum atomic E-state index is -3.85. The Labute approximate surface area is 110 Å². The lowest BCUT2D eigenvalue weighted by atomic mass is 9.78. The zero-order chi connectivity index (χ0) is 13.6. The van der Waals surface area contributed by atoms with Crippen molar-refractivity contribution in [3.8, 4) is 6.07 Å². The van der Waals surface area contributed by atoms with Crippen molar-refractivity contribution in [2.24, 2.45) is 11.3 Å². The Bertz CT molecular complexity index is 393. The van der Waals surface area contributed by atoms with Crippen LogP contribution in [0.25, 0.3) is 0 Å². The molecule has 0 saturated heterocycles. The quantitative estimate of drug-likeness (QED) is 0.571. The highest BCUT2D eigenvalue weighted by molar-refractivity contribution is 7.85. The van der Waals surface area contributed by atoms with Crippen molar-refractivity contribution in [3.05, 3.63) is 0 Å². The highest BCUT2D eigenvalue weighted by atomic mass is 32.2. The number of nitrogens with zero attached hydrogens (tertiary/aromatic N) is 1. The molecule has 0 aromatic carbocycles. The van der Waals surface area contributed by atoms with Gasteiger partial charge in [-0.1, -0.05) is 32.1 Å². The molecule has 1 N–H and O–H groups in total. The number of unbranched alkanes of at least 4 members (excludes halogenated alkanes) is 1. The highest BCUT2D eigenvalue weighted by Gasteiger charge is 2.29. The lowest BCUT2D eigenvalue weighted by molar-refractivity contribution is 0.291. The maximum absolute atomic E-state index is 10.6. The monoisotopic (exact) mass is 273 g/mol. The van der Waals surface area contributed by atoms with Crippen molar-refractivity contribution in [2.45, 2.75) is 58.3 Å². The van der Waals surface area contributed by atoms with Crippen LogP contribution in [-0.2, 0) is 10.1 Å². The number of hydrogen-bond acceptors (Lipinski definition) is 3. The molecule has 0 spiro atoms. The summed E-state index contributed by atoms with van der Waals surface area (Å²) < 4.78 is 29.8. The molecular weight excluding hydrogens is 250 g/mol. The molecule has 5 heteroatoms. The Morgan fingerprint density at radius 1 is 1.33 bits per heavy atom. The lowest BCUT2D eigenvalue weighted by Gasteiger charge is -2.24. The predicted molar refractivity (Wildman–Crippen MR) is 70.6 cm³/mol. The molecule has 0 bridgehead atoms. The second-order valence-corrected chi connectivity index (χ2v) is 7.34. The number of nitriles is 1. The minimum absolute atomic E-state index is 0.196. The normalized spacial score (nSPS) is 20.5. The lowest BCUT2D eigenvalue weighted by Crippen LogP contribution is -2.18. The molecule has 104 valence electrons. The predicted octanol–water partition coefficient (Wildman–Crippen LogP) is 3.15. The molecule has 1 aliphatic rings. The van der Waals surface area contributed by atoms with Crippen LogP contribution in [0.15, 0.2) is 0 Å². The van der Waals surface area contributed by atoms with Gasteiger partial charge in [0.1, 0.15) is 0 Å². The SMILES string of the molecule is CC(C#N)(CCCCS(=O)(=O)O)CC1CCCC1. The summed E-state index contributed by atoms with van der Waals surface area (Å²) in [6, 6.07) is 2.39. The summed E-state index contributed by atoms with van der Waals surface area (Å²) in [5.41, 5.74) is -0.339. The van der Waals surface area contributed by atoms with Crippen LogP contribution >= 0.6 is 0 Å². The second kappa shape index (κ2) is 6.53. The van der Waals surface area contributed by atoms with E-state index in [1.165, 1.54) is 25.7 Å². The summed E-state index contributed by atoms with van der Waals surface area (Å²) in [6.07, 6.45) is 7.75. The van der Waals surface area contributed by atoms with Crippen LogP contribution < -0.4 is 0 Å². The van der Waals surface area contributed by atoms with Crippen molar-refractivity contribution >= 4 is 10.1 Å². The van der Waals surface area contributed by atoms with Gasteiger partial charge in [-0.2, -0.15) is 13.7 Å². The zero-order valence-corrected chi connectivity index (χ0v) is 11.9. The summed E-state index contributed by atoms with van der Waals surface area (Å²) in [6.45, 7) is 1.97. The van der Waals surface area contributed by atoms with Gasteiger partial charge in [-0.25, -0.2) is 0 Å². The average molecular weight is 273 g/mol. The van der Waals surface area contributed by atoms with Gasteiger partial charge in [0.15, 0.2) is 0 Å². The third-order valence-corrected chi connectivity index (χ3v) is 4.67. The van der Waals surface area contributed by atoms with Gasteiger partial charge in [0.25, 0.3) is 10.1 Å². The first kappa shape index (κ1) is 15.5. The molecular formula is C13H23NO3S. The first-order valence-electron chi connectivity index (χ1n) is 6.71. The Morgan fingerprint density at radius 3 is 2.44 bits per heavy atom. The summed E-state index contributed by atoms with van der Waals surface area (Å²) in [5.74, 6) is 0.467. The fraction of sp³-hybridized carbons (Fsp3) is 0.923. The van der Waals surface area contributed by atoms with E-state index in [9.17, 15) is 13.7 Å². The van der Waals surface area contributed by atoms with Gasteiger partial charge >= 0.3 is 0 Å². The van der Waals surface area contributed by atoms with Gasteiger partial charge < -0.3 is 0 Å². The summed E-state index contributed by atoms with van der Waals surface area (Å²) in [4.78, 5) is 0. The van der Waals surface area contributed by atoms with Crippen molar-refractivity contribution in [3.63, 3.8) is 0 Å². The Balaban J connectivity index is 2.33. The maximum Gasteiger partial charge on any atom is 0.264 e. The van der Waals surface area contributed by atoms with Gasteiger partial charge in [-0.3, -0.25) is 4.55 Å². The topological polar surface area (TPSA) is 78.2 Å². The van der Waals surface area contributed by atoms with Crippen LogP contribution in [0.5, 0.6) is 0 Å². The highest BCUT2D eigenvalue weighted by Crippen LogP contribution is 2.38. The van der Waals surface area contributed by atoms with E-state index >= 15 is 0 Å². The van der Waals surface area contributed by atoms with Crippen molar-refractivity contribution < 1.29 is 13.0 Å². The maximum atomic E-state index is 10.6. The van der Waals surface area contributed by atoms with E-state index in [4.69, 9.17) is 4.55 Å². The number of hydrogen-bond donors (Lipinski definition) is 1. The Hall–Kier alpha value is -0.600. The van der Waals surface area contributed by atoms with E-state index in [1.807, 2.05) is 6.92 Å². The molecule has 0 aliphatic heterocycles. The molecule has 18 heavy (non-hydrogen) atoms. The molecule has 1 aliphatic carbocycles. The van der Waals surface area contributed by atoms with Gasteiger partial charge in [-0.05, 0) is 32.1 Å². The standard InChI is InChI=1S/C13H23NO3S/c1-13(11-14,10-12-6-2-3-7-12)8-4-5-9-18(15,16)17/h12H,2-10H2,1H3,(H,15,16,17). The third kappa shape index (κ3) is 5.83. The Morgan fingerprint density at radius 2 is 1.94 bits per heavy atom. The molecule has 0 aromatic rings. The fourth-order valence-electron chi connectivity index (χ4n) is 2.85. The van der Waals surface area contributed by atoms with Gasteiger partial charge in [0.2, 0.25) is 0 Å². The first-order valence-corrected chi connectivity index (χ1v) is 8.32. The van der Waals surface area contributed by atoms with Gasteiger partial charge in [-0.15, -0.1) is 0 Å². The van der Waals surface area contributed by atoms with Crippen LogP contribution in [0.2, 0.25) is 0 Å². The summed E-state index contributed by atoms with van der Waals surface area (Å²) >= 11 is 0.